The highest BCUT2D eigenvalue weighted by molar-refractivity contribution is 7.99. The van der Waals surface area contributed by atoms with E-state index in [1.807, 2.05) is 59.2 Å². The number of amides is 2. The minimum atomic E-state index is -0.203. The van der Waals surface area contributed by atoms with Gasteiger partial charge in [-0.25, -0.2) is 0 Å². The first-order valence-electron chi connectivity index (χ1n) is 9.88. The van der Waals surface area contributed by atoms with Crippen molar-refractivity contribution < 1.29 is 19.1 Å². The molecule has 1 fully saturated rings. The lowest BCUT2D eigenvalue weighted by atomic mass is 10.3. The minimum absolute atomic E-state index is 0.108. The zero-order valence-electron chi connectivity index (χ0n) is 17.1. The molecule has 9 heteroatoms. The summed E-state index contributed by atoms with van der Waals surface area (Å²) in [5, 5.41) is 9.12. The van der Waals surface area contributed by atoms with Gasteiger partial charge in [-0.1, -0.05) is 30.0 Å². The molecule has 2 aromatic carbocycles. The topological polar surface area (TPSA) is 86.6 Å². The molecule has 2 amide bonds. The van der Waals surface area contributed by atoms with Crippen molar-refractivity contribution in [3.05, 3.63) is 60.4 Å². The summed E-state index contributed by atoms with van der Waals surface area (Å²) >= 11 is 1.26. The van der Waals surface area contributed by atoms with Crippen LogP contribution in [0, 0.1) is 0 Å². The van der Waals surface area contributed by atoms with Gasteiger partial charge in [0.1, 0.15) is 18.1 Å². The fraction of sp³-hybridized carbons (Fsp3) is 0.273. The van der Waals surface area contributed by atoms with Crippen LogP contribution in [0.25, 0.3) is 5.69 Å². The number of imide groups is 1. The van der Waals surface area contributed by atoms with Crippen molar-refractivity contribution in [3.8, 4) is 17.2 Å². The average Bonchev–Trinajstić information content (AvgIpc) is 3.43. The van der Waals surface area contributed by atoms with Gasteiger partial charge in [0.2, 0.25) is 11.8 Å². The van der Waals surface area contributed by atoms with Gasteiger partial charge >= 0.3 is 0 Å². The van der Waals surface area contributed by atoms with Gasteiger partial charge in [0.05, 0.1) is 12.9 Å². The number of hydrogen-bond acceptors (Lipinski definition) is 7. The van der Waals surface area contributed by atoms with Gasteiger partial charge in [-0.15, -0.1) is 10.2 Å². The summed E-state index contributed by atoms with van der Waals surface area (Å²) in [6, 6.07) is 16.9. The van der Waals surface area contributed by atoms with E-state index in [1.165, 1.54) is 16.7 Å². The summed E-state index contributed by atoms with van der Waals surface area (Å²) < 4.78 is 12.9. The largest absolute Gasteiger partial charge is 0.497 e. The summed E-state index contributed by atoms with van der Waals surface area (Å²) in [4.78, 5) is 25.6. The van der Waals surface area contributed by atoms with Crippen molar-refractivity contribution in [2.75, 3.05) is 19.4 Å². The Kier molecular flexibility index (Phi) is 6.51. The van der Waals surface area contributed by atoms with Gasteiger partial charge < -0.3 is 9.47 Å². The van der Waals surface area contributed by atoms with Gasteiger partial charge in [0, 0.05) is 18.7 Å². The quantitative estimate of drug-likeness (QED) is 0.500. The fourth-order valence-corrected chi connectivity index (χ4v) is 4.11. The molecule has 1 aliphatic heterocycles. The number of para-hydroxylation sites is 1. The Labute approximate surface area is 184 Å². The normalized spacial score (nSPS) is 13.5. The van der Waals surface area contributed by atoms with Crippen LogP contribution in [-0.4, -0.2) is 50.9 Å². The number of thioether (sulfide) groups is 1. The number of carbonyl (C=O) groups excluding carboxylic acids is 2. The summed E-state index contributed by atoms with van der Waals surface area (Å²) in [7, 11) is 1.61. The molecule has 31 heavy (non-hydrogen) atoms. The molecule has 0 saturated carbocycles. The Morgan fingerprint density at radius 1 is 1.06 bits per heavy atom. The van der Waals surface area contributed by atoms with Crippen molar-refractivity contribution in [3.63, 3.8) is 0 Å². The van der Waals surface area contributed by atoms with E-state index in [2.05, 4.69) is 10.2 Å². The standard InChI is InChI=1S/C22H22N4O4S/c1-29-17-9-11-18(12-10-17)30-14-19-23-24-22(26(19)16-6-3-2-4-7-16)31-15-21(28)25-13-5-8-20(25)27/h2-4,6-7,9-12H,5,8,13-15H2,1H3. The Bertz CT molecular complexity index is 1050. The van der Waals surface area contributed by atoms with Crippen LogP contribution < -0.4 is 9.47 Å². The Morgan fingerprint density at radius 3 is 2.48 bits per heavy atom. The van der Waals surface area contributed by atoms with Crippen LogP contribution in [0.4, 0.5) is 0 Å². The third-order valence-electron chi connectivity index (χ3n) is 4.84. The first-order valence-corrected chi connectivity index (χ1v) is 10.9. The molecule has 1 saturated heterocycles. The Hall–Kier alpha value is -3.33. The van der Waals surface area contributed by atoms with E-state index in [0.717, 1.165) is 17.9 Å². The number of hydrogen-bond donors (Lipinski definition) is 0. The SMILES string of the molecule is COc1ccc(OCc2nnc(SCC(=O)N3CCCC3=O)n2-c2ccccc2)cc1. The zero-order valence-corrected chi connectivity index (χ0v) is 17.9. The predicted molar refractivity (Wildman–Crippen MR) is 115 cm³/mol. The van der Waals surface area contributed by atoms with E-state index in [4.69, 9.17) is 9.47 Å². The second-order valence-electron chi connectivity index (χ2n) is 6.87. The third-order valence-corrected chi connectivity index (χ3v) is 5.76. The molecular weight excluding hydrogens is 416 g/mol. The van der Waals surface area contributed by atoms with Crippen LogP contribution in [0.1, 0.15) is 18.7 Å². The number of methoxy groups -OCH3 is 1. The Balaban J connectivity index is 1.51. The van der Waals surface area contributed by atoms with Crippen LogP contribution in [0.5, 0.6) is 11.5 Å². The molecule has 0 spiro atoms. The van der Waals surface area contributed by atoms with Gasteiger partial charge in [-0.05, 0) is 42.8 Å². The van der Waals surface area contributed by atoms with Crippen LogP contribution in [0.2, 0.25) is 0 Å². The van der Waals surface area contributed by atoms with Crippen molar-refractivity contribution in [1.82, 2.24) is 19.7 Å². The molecule has 1 aromatic heterocycles. The molecule has 8 nitrogen and oxygen atoms in total. The number of rotatable bonds is 8. The number of nitrogens with zero attached hydrogens (tertiary/aromatic N) is 4. The summed E-state index contributed by atoms with van der Waals surface area (Å²) in [5.74, 6) is 1.85. The highest BCUT2D eigenvalue weighted by Gasteiger charge is 2.27. The molecule has 0 radical (unpaired) electrons. The number of aromatic nitrogens is 3. The van der Waals surface area contributed by atoms with Crippen molar-refractivity contribution in [2.45, 2.75) is 24.6 Å². The van der Waals surface area contributed by atoms with Crippen LogP contribution in [-0.2, 0) is 16.2 Å². The van der Waals surface area contributed by atoms with E-state index in [-0.39, 0.29) is 24.2 Å². The van der Waals surface area contributed by atoms with E-state index < -0.39 is 0 Å². The van der Waals surface area contributed by atoms with Crippen molar-refractivity contribution in [1.29, 1.82) is 0 Å². The molecule has 0 bridgehead atoms. The second-order valence-corrected chi connectivity index (χ2v) is 7.81. The highest BCUT2D eigenvalue weighted by atomic mass is 32.2. The molecule has 0 N–H and O–H groups in total. The van der Waals surface area contributed by atoms with Gasteiger partial charge in [0.15, 0.2) is 11.0 Å². The number of ether oxygens (including phenoxy) is 2. The van der Waals surface area contributed by atoms with E-state index in [1.54, 1.807) is 7.11 Å². The van der Waals surface area contributed by atoms with Crippen LogP contribution >= 0.6 is 11.8 Å². The summed E-state index contributed by atoms with van der Waals surface area (Å²) in [6.07, 6.45) is 1.16. The third kappa shape index (κ3) is 4.88. The second kappa shape index (κ2) is 9.65. The van der Waals surface area contributed by atoms with E-state index >= 15 is 0 Å². The average molecular weight is 439 g/mol. The van der Waals surface area contributed by atoms with Crippen molar-refractivity contribution in [2.24, 2.45) is 0 Å². The molecular formula is C22H22N4O4S. The van der Waals surface area contributed by atoms with E-state index in [9.17, 15) is 9.59 Å². The molecule has 0 atom stereocenters. The fourth-order valence-electron chi connectivity index (χ4n) is 3.26. The summed E-state index contributed by atoms with van der Waals surface area (Å²) in [6.45, 7) is 0.692. The molecule has 0 aliphatic carbocycles. The Morgan fingerprint density at radius 2 is 1.81 bits per heavy atom. The molecule has 160 valence electrons. The van der Waals surface area contributed by atoms with Crippen molar-refractivity contribution >= 4 is 23.6 Å². The highest BCUT2D eigenvalue weighted by Crippen LogP contribution is 2.24. The maximum absolute atomic E-state index is 12.4. The molecule has 1 aliphatic rings. The molecule has 4 rings (SSSR count). The monoisotopic (exact) mass is 438 g/mol. The predicted octanol–water partition coefficient (Wildman–Crippen LogP) is 3.10. The van der Waals surface area contributed by atoms with Crippen LogP contribution in [0.15, 0.2) is 59.8 Å². The first-order chi connectivity index (χ1) is 15.2. The maximum Gasteiger partial charge on any atom is 0.239 e. The van der Waals surface area contributed by atoms with Gasteiger partial charge in [-0.2, -0.15) is 0 Å². The zero-order chi connectivity index (χ0) is 21.6. The lowest BCUT2D eigenvalue weighted by Gasteiger charge is -2.14. The maximum atomic E-state index is 12.4. The molecule has 3 aromatic rings. The number of carbonyl (C=O) groups is 2. The van der Waals surface area contributed by atoms with Gasteiger partial charge in [-0.3, -0.25) is 19.1 Å². The van der Waals surface area contributed by atoms with Crippen LogP contribution in [0.3, 0.4) is 0 Å². The lowest BCUT2D eigenvalue weighted by molar-refractivity contribution is -0.140. The van der Waals surface area contributed by atoms with Gasteiger partial charge in [0.25, 0.3) is 0 Å². The molecule has 0 unspecified atom stereocenters. The smallest absolute Gasteiger partial charge is 0.239 e. The number of benzene rings is 2. The van der Waals surface area contributed by atoms with E-state index in [0.29, 0.717) is 29.7 Å². The number of likely N-dealkylation sites (tertiary alicyclic amines) is 1. The lowest BCUT2D eigenvalue weighted by Crippen LogP contribution is -2.33. The molecule has 2 heterocycles. The minimum Gasteiger partial charge on any atom is -0.497 e. The first kappa shape index (κ1) is 20.9. The summed E-state index contributed by atoms with van der Waals surface area (Å²) in [5.41, 5.74) is 0.869.